The minimum absolute atomic E-state index is 0.156. The van der Waals surface area contributed by atoms with Gasteiger partial charge in [-0.1, -0.05) is 54.1 Å². The van der Waals surface area contributed by atoms with Gasteiger partial charge in [0, 0.05) is 109 Å². The van der Waals surface area contributed by atoms with Gasteiger partial charge in [-0.25, -0.2) is 13.2 Å². The molecule has 5 aromatic carbocycles. The van der Waals surface area contributed by atoms with Crippen molar-refractivity contribution in [1.29, 1.82) is 0 Å². The highest BCUT2D eigenvalue weighted by Crippen LogP contribution is 2.40. The average molecular weight is 965 g/mol. The Hall–Kier alpha value is -6.04. The first-order valence-electron chi connectivity index (χ1n) is 22.3. The summed E-state index contributed by atoms with van der Waals surface area (Å²) in [5, 5.41) is 36.7. The van der Waals surface area contributed by atoms with Crippen molar-refractivity contribution >= 4 is 67.8 Å². The molecular formula is C50H54ClN7O7S2. The molecule has 2 aliphatic rings. The summed E-state index contributed by atoms with van der Waals surface area (Å²) >= 11 is 7.85. The van der Waals surface area contributed by atoms with Gasteiger partial charge in [0.2, 0.25) is 0 Å². The Morgan fingerprint density at radius 2 is 1.52 bits per heavy atom. The van der Waals surface area contributed by atoms with E-state index in [2.05, 4.69) is 24.7 Å². The van der Waals surface area contributed by atoms with Crippen molar-refractivity contribution < 1.29 is 28.3 Å². The minimum Gasteiger partial charge on any atom is -0.478 e. The van der Waals surface area contributed by atoms with Gasteiger partial charge in [-0.05, 0) is 110 Å². The second kappa shape index (κ2) is 20.9. The number of likely N-dealkylation sites (tertiary alicyclic amines) is 1. The molecule has 0 aliphatic carbocycles. The molecule has 0 unspecified atom stereocenters. The number of sulfonamides is 1. The molecule has 0 bridgehead atoms. The third-order valence-corrected chi connectivity index (χ3v) is 15.5. The lowest BCUT2D eigenvalue weighted by molar-refractivity contribution is -0.384. The van der Waals surface area contributed by atoms with Crippen molar-refractivity contribution in [2.24, 2.45) is 7.05 Å². The summed E-state index contributed by atoms with van der Waals surface area (Å²) in [6, 6.07) is 36.2. The second-order valence-corrected chi connectivity index (χ2v) is 20.2. The third kappa shape index (κ3) is 11.2. The fourth-order valence-electron chi connectivity index (χ4n) is 8.89. The van der Waals surface area contributed by atoms with E-state index in [1.54, 1.807) is 36.0 Å². The molecular weight excluding hydrogens is 910 g/mol. The number of aromatic nitrogens is 1. The van der Waals surface area contributed by atoms with Crippen molar-refractivity contribution in [2.75, 3.05) is 71.4 Å². The van der Waals surface area contributed by atoms with Crippen molar-refractivity contribution in [2.45, 2.75) is 48.1 Å². The zero-order valence-electron chi connectivity index (χ0n) is 37.3. The van der Waals surface area contributed by atoms with Crippen molar-refractivity contribution in [3.05, 3.63) is 148 Å². The lowest BCUT2D eigenvalue weighted by Crippen LogP contribution is -2.46. The van der Waals surface area contributed by atoms with Crippen LogP contribution in [-0.4, -0.2) is 103 Å². The summed E-state index contributed by atoms with van der Waals surface area (Å²) in [7, 11) is -2.32. The Morgan fingerprint density at radius 1 is 0.851 bits per heavy atom. The number of piperidine rings is 1. The molecule has 2 saturated heterocycles. The van der Waals surface area contributed by atoms with E-state index in [0.717, 1.165) is 71.6 Å². The number of aliphatic hydroxyl groups excluding tert-OH is 1. The highest BCUT2D eigenvalue weighted by Gasteiger charge is 2.28. The number of nitro benzene ring substituents is 1. The van der Waals surface area contributed by atoms with E-state index in [4.69, 9.17) is 11.6 Å². The number of nitrogens with zero attached hydrogens (tertiary/aromatic N) is 5. The van der Waals surface area contributed by atoms with E-state index in [-0.39, 0.29) is 34.0 Å². The van der Waals surface area contributed by atoms with Crippen molar-refractivity contribution in [3.63, 3.8) is 0 Å². The minimum atomic E-state index is -4.19. The number of anilines is 4. The van der Waals surface area contributed by atoms with Gasteiger partial charge < -0.3 is 34.8 Å². The standard InChI is InChI=1S/C50H54ClN7O7S2/c1-34-47(50(60)61)48(49(54(34)2)35-11-13-37(51)14-12-35)36-7-6-8-41(31-36)57-29-27-56(28-30-57)40-17-15-38(16-18-40)53-67(64,65)44-19-20-45(46(32-44)58(62)63)52-39(33-66-43-9-4-3-5-10-43)21-24-55-25-22-42(59)23-26-55/h3-20,31-32,39,42,52-53,59H,21-30,33H2,1-2H3,(H,60,61)/t39-/m1/s1. The highest BCUT2D eigenvalue weighted by atomic mass is 35.5. The molecule has 14 nitrogen and oxygen atoms in total. The number of carboxylic acid groups (broad SMARTS) is 1. The normalized spacial score (nSPS) is 15.3. The number of carboxylic acids is 1. The molecule has 1 atom stereocenters. The molecule has 0 radical (unpaired) electrons. The van der Waals surface area contributed by atoms with Crippen LogP contribution < -0.4 is 19.8 Å². The number of nitro groups is 1. The summed E-state index contributed by atoms with van der Waals surface area (Å²) in [4.78, 5) is 32.2. The Morgan fingerprint density at radius 3 is 2.18 bits per heavy atom. The van der Waals surface area contributed by atoms with Crippen LogP contribution in [0.25, 0.3) is 22.4 Å². The van der Waals surface area contributed by atoms with E-state index in [9.17, 15) is 33.5 Å². The number of hydrogen-bond acceptors (Lipinski definition) is 11. The molecule has 17 heteroatoms. The molecule has 0 saturated carbocycles. The Bertz CT molecular complexity index is 2810. The number of aliphatic hydroxyl groups is 1. The number of rotatable bonds is 17. The Kier molecular flexibility index (Phi) is 14.8. The van der Waals surface area contributed by atoms with Gasteiger partial charge in [-0.3, -0.25) is 14.8 Å². The number of thioether (sulfide) groups is 1. The Labute approximate surface area is 400 Å². The third-order valence-electron chi connectivity index (χ3n) is 12.7. The predicted octanol–water partition coefficient (Wildman–Crippen LogP) is 9.47. The monoisotopic (exact) mass is 963 g/mol. The molecule has 6 aromatic rings. The van der Waals surface area contributed by atoms with Crippen LogP contribution in [-0.2, 0) is 17.1 Å². The smallest absolute Gasteiger partial charge is 0.338 e. The van der Waals surface area contributed by atoms with Crippen LogP contribution in [0.2, 0.25) is 5.02 Å². The van der Waals surface area contributed by atoms with Crippen LogP contribution in [0.4, 0.5) is 28.4 Å². The quantitative estimate of drug-likeness (QED) is 0.0388. The highest BCUT2D eigenvalue weighted by molar-refractivity contribution is 7.99. The first-order valence-corrected chi connectivity index (χ1v) is 25.1. The van der Waals surface area contributed by atoms with Crippen LogP contribution >= 0.6 is 23.4 Å². The first-order chi connectivity index (χ1) is 32.2. The van der Waals surface area contributed by atoms with Gasteiger partial charge in [-0.2, -0.15) is 0 Å². The number of hydrogen-bond donors (Lipinski definition) is 4. The fourth-order valence-corrected chi connectivity index (χ4v) is 11.1. The van der Waals surface area contributed by atoms with E-state index in [1.165, 1.54) is 12.1 Å². The number of benzene rings is 5. The van der Waals surface area contributed by atoms with Gasteiger partial charge in [0.15, 0.2) is 0 Å². The molecule has 2 aliphatic heterocycles. The lowest BCUT2D eigenvalue weighted by atomic mass is 9.96. The van der Waals surface area contributed by atoms with Crippen molar-refractivity contribution in [1.82, 2.24) is 9.47 Å². The summed E-state index contributed by atoms with van der Waals surface area (Å²) in [5.74, 6) is -0.356. The zero-order valence-corrected chi connectivity index (χ0v) is 39.7. The van der Waals surface area contributed by atoms with Crippen LogP contribution in [0.3, 0.4) is 0 Å². The van der Waals surface area contributed by atoms with Gasteiger partial charge >= 0.3 is 5.97 Å². The maximum atomic E-state index is 13.7. The fraction of sp³-hybridized carbons (Fsp3) is 0.300. The van der Waals surface area contributed by atoms with E-state index in [1.807, 2.05) is 97.4 Å². The summed E-state index contributed by atoms with van der Waals surface area (Å²) in [5.41, 5.74) is 6.15. The molecule has 3 heterocycles. The summed E-state index contributed by atoms with van der Waals surface area (Å²) < 4.78 is 31.9. The molecule has 350 valence electrons. The van der Waals surface area contributed by atoms with E-state index in [0.29, 0.717) is 60.3 Å². The van der Waals surface area contributed by atoms with Gasteiger partial charge in [-0.15, -0.1) is 11.8 Å². The van der Waals surface area contributed by atoms with E-state index >= 15 is 0 Å². The predicted molar refractivity (Wildman–Crippen MR) is 269 cm³/mol. The number of carbonyl (C=O) groups is 1. The molecule has 4 N–H and O–H groups in total. The van der Waals surface area contributed by atoms with E-state index < -0.39 is 20.9 Å². The van der Waals surface area contributed by atoms with Gasteiger partial charge in [0.25, 0.3) is 15.7 Å². The van der Waals surface area contributed by atoms with Crippen LogP contribution in [0.5, 0.6) is 0 Å². The molecule has 8 rings (SSSR count). The molecule has 0 amide bonds. The summed E-state index contributed by atoms with van der Waals surface area (Å²) in [6.45, 7) is 6.93. The maximum absolute atomic E-state index is 13.7. The maximum Gasteiger partial charge on any atom is 0.338 e. The molecule has 0 spiro atoms. The molecule has 2 fully saturated rings. The lowest BCUT2D eigenvalue weighted by Gasteiger charge is -2.37. The second-order valence-electron chi connectivity index (χ2n) is 17.0. The summed E-state index contributed by atoms with van der Waals surface area (Å²) in [6.07, 6.45) is 1.86. The van der Waals surface area contributed by atoms with Gasteiger partial charge in [0.05, 0.1) is 27.2 Å². The Balaban J connectivity index is 0.917. The number of piperazine rings is 1. The van der Waals surface area contributed by atoms with Crippen LogP contribution in [0, 0.1) is 17.0 Å². The van der Waals surface area contributed by atoms with Gasteiger partial charge in [0.1, 0.15) is 5.69 Å². The zero-order chi connectivity index (χ0) is 47.2. The first kappa shape index (κ1) is 47.5. The molecule has 1 aromatic heterocycles. The largest absolute Gasteiger partial charge is 0.478 e. The number of halogens is 1. The topological polar surface area (TPSA) is 174 Å². The van der Waals surface area contributed by atoms with Crippen molar-refractivity contribution in [3.8, 4) is 22.4 Å². The van der Waals surface area contributed by atoms with Crippen LogP contribution in [0.15, 0.2) is 131 Å². The number of aromatic carboxylic acids is 1. The number of nitrogens with one attached hydrogen (secondary N) is 2. The SMILES string of the molecule is Cc1c(C(=O)O)c(-c2cccc(N3CCN(c4ccc(NS(=O)(=O)c5ccc(N[C@H](CCN6CCC(O)CC6)CSc6ccccc6)c([N+](=O)[O-])c5)cc4)CC3)c2)c(-c2ccc(Cl)cc2)n1C. The molecule has 67 heavy (non-hydrogen) atoms. The average Bonchev–Trinajstić information content (AvgIpc) is 3.60. The van der Waals surface area contributed by atoms with Crippen LogP contribution in [0.1, 0.15) is 35.3 Å².